The van der Waals surface area contributed by atoms with E-state index in [2.05, 4.69) is 23.8 Å². The molecule has 1 aliphatic rings. The molecular formula is C18H24N2O. The number of hydrogen-bond acceptors (Lipinski definition) is 2. The van der Waals surface area contributed by atoms with Gasteiger partial charge in [-0.3, -0.25) is 9.78 Å². The van der Waals surface area contributed by atoms with Crippen LogP contribution in [0.4, 0.5) is 0 Å². The second-order valence-corrected chi connectivity index (χ2v) is 6.42. The minimum absolute atomic E-state index is 0.182. The Labute approximate surface area is 126 Å². The molecule has 112 valence electrons. The summed E-state index contributed by atoms with van der Waals surface area (Å²) in [5.41, 5.74) is 2.58. The van der Waals surface area contributed by atoms with E-state index in [1.807, 2.05) is 18.2 Å². The van der Waals surface area contributed by atoms with Gasteiger partial charge in [0.2, 0.25) is 0 Å². The van der Waals surface area contributed by atoms with Gasteiger partial charge in [0, 0.05) is 12.1 Å². The highest BCUT2D eigenvalue weighted by atomic mass is 16.1. The Morgan fingerprint density at radius 2 is 2.24 bits per heavy atom. The molecule has 3 heteroatoms. The van der Waals surface area contributed by atoms with Crippen LogP contribution in [0.15, 0.2) is 24.4 Å². The van der Waals surface area contributed by atoms with Gasteiger partial charge >= 0.3 is 0 Å². The van der Waals surface area contributed by atoms with Crippen molar-refractivity contribution in [2.45, 2.75) is 46.0 Å². The molecule has 2 aromatic rings. The smallest absolute Gasteiger partial charge is 0.182 e. The quantitative estimate of drug-likeness (QED) is 0.834. The number of H-pyrrole nitrogens is 1. The lowest BCUT2D eigenvalue weighted by atomic mass is 9.70. The summed E-state index contributed by atoms with van der Waals surface area (Å²) in [4.78, 5) is 20.5. The zero-order valence-corrected chi connectivity index (χ0v) is 12.9. The number of nitrogens with one attached hydrogen (secondary N) is 1. The van der Waals surface area contributed by atoms with Crippen molar-refractivity contribution >= 4 is 16.8 Å². The molecule has 1 saturated carbocycles. The van der Waals surface area contributed by atoms with E-state index in [1.54, 1.807) is 6.20 Å². The molecule has 21 heavy (non-hydrogen) atoms. The van der Waals surface area contributed by atoms with E-state index >= 15 is 0 Å². The Balaban J connectivity index is 1.88. The lowest BCUT2D eigenvalue weighted by Gasteiger charge is -2.34. The minimum Gasteiger partial charge on any atom is -0.351 e. The molecule has 3 atom stereocenters. The molecule has 3 rings (SSSR count). The predicted molar refractivity (Wildman–Crippen MR) is 85.3 cm³/mol. The van der Waals surface area contributed by atoms with E-state index < -0.39 is 0 Å². The van der Waals surface area contributed by atoms with E-state index in [4.69, 9.17) is 0 Å². The number of carbonyl (C=O) groups is 1. The molecule has 0 saturated heterocycles. The Kier molecular flexibility index (Phi) is 4.09. The molecule has 0 bridgehead atoms. The third-order valence-electron chi connectivity index (χ3n) is 5.19. The Hall–Kier alpha value is -1.64. The van der Waals surface area contributed by atoms with Crippen LogP contribution in [0.1, 0.15) is 56.4 Å². The number of Topliss-reactive ketones (excluding diaryl/α,β-unsaturated/α-hetero) is 1. The zero-order valence-electron chi connectivity index (χ0n) is 12.9. The zero-order chi connectivity index (χ0) is 14.8. The first-order valence-corrected chi connectivity index (χ1v) is 8.18. The second-order valence-electron chi connectivity index (χ2n) is 6.42. The summed E-state index contributed by atoms with van der Waals surface area (Å²) < 4.78 is 0. The SMILES string of the molecule is CCC(C)C1CCCCC1C(=O)c1cc2ncccc2[nH]1. The molecule has 3 unspecified atom stereocenters. The van der Waals surface area contributed by atoms with Crippen molar-refractivity contribution in [1.82, 2.24) is 9.97 Å². The number of pyridine rings is 1. The third kappa shape index (κ3) is 2.74. The fraction of sp³-hybridized carbons (Fsp3) is 0.556. The Morgan fingerprint density at radius 1 is 1.43 bits per heavy atom. The number of rotatable bonds is 4. The number of aromatic amines is 1. The maximum absolute atomic E-state index is 12.9. The average Bonchev–Trinajstić information content (AvgIpc) is 2.97. The number of aromatic nitrogens is 2. The van der Waals surface area contributed by atoms with Gasteiger partial charge < -0.3 is 4.98 Å². The van der Waals surface area contributed by atoms with Crippen LogP contribution in [0.2, 0.25) is 0 Å². The van der Waals surface area contributed by atoms with Crippen LogP contribution in [0.5, 0.6) is 0 Å². The standard InChI is InChI=1S/C18H24N2O/c1-3-12(2)13-7-4-5-8-14(13)18(21)17-11-16-15(20-17)9-6-10-19-16/h6,9-14,20H,3-5,7-8H2,1-2H3. The molecule has 1 fully saturated rings. The van der Waals surface area contributed by atoms with E-state index in [-0.39, 0.29) is 11.7 Å². The van der Waals surface area contributed by atoms with E-state index in [0.29, 0.717) is 11.8 Å². The van der Waals surface area contributed by atoms with Crippen LogP contribution < -0.4 is 0 Å². The average molecular weight is 284 g/mol. The summed E-state index contributed by atoms with van der Waals surface area (Å²) in [6.45, 7) is 4.52. The molecule has 1 aliphatic carbocycles. The molecule has 0 aliphatic heterocycles. The third-order valence-corrected chi connectivity index (χ3v) is 5.19. The first kappa shape index (κ1) is 14.3. The van der Waals surface area contributed by atoms with Crippen LogP contribution in [0, 0.1) is 17.8 Å². The summed E-state index contributed by atoms with van der Waals surface area (Å²) in [6.07, 6.45) is 7.62. The fourth-order valence-corrected chi connectivity index (χ4v) is 3.76. The van der Waals surface area contributed by atoms with Gasteiger partial charge in [0.15, 0.2) is 5.78 Å². The molecule has 2 heterocycles. The number of hydrogen-bond donors (Lipinski definition) is 1. The highest BCUT2D eigenvalue weighted by Gasteiger charge is 2.34. The number of nitrogens with zero attached hydrogens (tertiary/aromatic N) is 1. The molecule has 3 nitrogen and oxygen atoms in total. The van der Waals surface area contributed by atoms with Crippen molar-refractivity contribution in [1.29, 1.82) is 0 Å². The topological polar surface area (TPSA) is 45.8 Å². The van der Waals surface area contributed by atoms with Crippen molar-refractivity contribution in [2.75, 3.05) is 0 Å². The van der Waals surface area contributed by atoms with Gasteiger partial charge in [-0.15, -0.1) is 0 Å². The maximum Gasteiger partial charge on any atom is 0.182 e. The van der Waals surface area contributed by atoms with E-state index in [9.17, 15) is 4.79 Å². The first-order chi connectivity index (χ1) is 10.2. The van der Waals surface area contributed by atoms with Crippen molar-refractivity contribution in [2.24, 2.45) is 17.8 Å². The minimum atomic E-state index is 0.182. The van der Waals surface area contributed by atoms with Crippen LogP contribution in [0.25, 0.3) is 11.0 Å². The summed E-state index contributed by atoms with van der Waals surface area (Å²) in [6, 6.07) is 5.79. The molecule has 0 spiro atoms. The second kappa shape index (κ2) is 6.00. The Bertz CT molecular complexity index is 598. The summed E-state index contributed by atoms with van der Waals surface area (Å²) >= 11 is 0. The number of carbonyl (C=O) groups excluding carboxylic acids is 1. The molecule has 2 aromatic heterocycles. The van der Waals surface area contributed by atoms with Crippen molar-refractivity contribution in [3.63, 3.8) is 0 Å². The van der Waals surface area contributed by atoms with Gasteiger partial charge in [-0.2, -0.15) is 0 Å². The highest BCUT2D eigenvalue weighted by Crippen LogP contribution is 2.38. The van der Waals surface area contributed by atoms with Crippen LogP contribution in [-0.4, -0.2) is 15.8 Å². The largest absolute Gasteiger partial charge is 0.351 e. The number of ketones is 1. The van der Waals surface area contributed by atoms with Gasteiger partial charge in [0.05, 0.1) is 16.7 Å². The van der Waals surface area contributed by atoms with Gasteiger partial charge in [0.25, 0.3) is 0 Å². The summed E-state index contributed by atoms with van der Waals surface area (Å²) in [5.74, 6) is 1.64. The fourth-order valence-electron chi connectivity index (χ4n) is 3.76. The van der Waals surface area contributed by atoms with Crippen LogP contribution in [0.3, 0.4) is 0 Å². The van der Waals surface area contributed by atoms with Gasteiger partial charge in [-0.25, -0.2) is 0 Å². The van der Waals surface area contributed by atoms with E-state index in [0.717, 1.165) is 29.6 Å². The van der Waals surface area contributed by atoms with Gasteiger partial charge in [-0.05, 0) is 42.9 Å². The van der Waals surface area contributed by atoms with Gasteiger partial charge in [0.1, 0.15) is 0 Å². The van der Waals surface area contributed by atoms with Crippen molar-refractivity contribution in [3.05, 3.63) is 30.1 Å². The molecule has 0 amide bonds. The van der Waals surface area contributed by atoms with Crippen molar-refractivity contribution in [3.8, 4) is 0 Å². The highest BCUT2D eigenvalue weighted by molar-refractivity contribution is 6.00. The lowest BCUT2D eigenvalue weighted by molar-refractivity contribution is 0.0758. The molecule has 1 N–H and O–H groups in total. The summed E-state index contributed by atoms with van der Waals surface area (Å²) in [7, 11) is 0. The van der Waals surface area contributed by atoms with Crippen LogP contribution in [-0.2, 0) is 0 Å². The van der Waals surface area contributed by atoms with Crippen molar-refractivity contribution < 1.29 is 4.79 Å². The monoisotopic (exact) mass is 284 g/mol. The lowest BCUT2D eigenvalue weighted by Crippen LogP contribution is -2.31. The maximum atomic E-state index is 12.9. The molecule has 0 aromatic carbocycles. The normalized spacial score (nSPS) is 24.1. The molecular weight excluding hydrogens is 260 g/mol. The number of fused-ring (bicyclic) bond motifs is 1. The first-order valence-electron chi connectivity index (χ1n) is 8.18. The van der Waals surface area contributed by atoms with Crippen LogP contribution >= 0.6 is 0 Å². The van der Waals surface area contributed by atoms with E-state index in [1.165, 1.54) is 19.3 Å². The predicted octanol–water partition coefficient (Wildman–Crippen LogP) is 4.60. The summed E-state index contributed by atoms with van der Waals surface area (Å²) in [5, 5.41) is 0. The Morgan fingerprint density at radius 3 is 3.00 bits per heavy atom. The van der Waals surface area contributed by atoms with Gasteiger partial charge in [-0.1, -0.05) is 33.1 Å². The molecule has 0 radical (unpaired) electrons.